The number of urea groups is 1. The van der Waals surface area contributed by atoms with Gasteiger partial charge in [-0.05, 0) is 6.42 Å². The lowest BCUT2D eigenvalue weighted by Crippen LogP contribution is -2.68. The maximum atomic E-state index is 14.5. The predicted octanol–water partition coefficient (Wildman–Crippen LogP) is -1.35. The molecular formula is C15H24FN3O7. The van der Waals surface area contributed by atoms with Crippen molar-refractivity contribution in [3.05, 3.63) is 12.0 Å². The second kappa shape index (κ2) is 8.27. The lowest BCUT2D eigenvalue weighted by atomic mass is 10.1. The molecule has 2 aliphatic rings. The molecule has 1 saturated heterocycles. The van der Waals surface area contributed by atoms with Gasteiger partial charge in [0.05, 0.1) is 13.2 Å². The van der Waals surface area contributed by atoms with Crippen LogP contribution >= 0.6 is 0 Å². The molecule has 6 N–H and O–H groups in total. The highest BCUT2D eigenvalue weighted by molar-refractivity contribution is 5.91. The van der Waals surface area contributed by atoms with E-state index in [1.807, 2.05) is 12.2 Å². The van der Waals surface area contributed by atoms with Crippen LogP contribution in [-0.2, 0) is 14.3 Å². The van der Waals surface area contributed by atoms with Gasteiger partial charge in [-0.3, -0.25) is 10.6 Å². The van der Waals surface area contributed by atoms with Gasteiger partial charge in [-0.25, -0.2) is 14.0 Å². The van der Waals surface area contributed by atoms with Gasteiger partial charge in [0.2, 0.25) is 5.66 Å². The van der Waals surface area contributed by atoms with E-state index in [-0.39, 0.29) is 6.61 Å². The van der Waals surface area contributed by atoms with Crippen LogP contribution < -0.4 is 11.1 Å². The zero-order valence-electron chi connectivity index (χ0n) is 14.3. The highest BCUT2D eigenvalue weighted by Gasteiger charge is 2.52. The number of nitrogens with zero attached hydrogens (tertiary/aromatic N) is 1. The highest BCUT2D eigenvalue weighted by Crippen LogP contribution is 2.29. The second-order valence-electron chi connectivity index (χ2n) is 6.19. The third-order valence-corrected chi connectivity index (χ3v) is 4.26. The molecule has 0 aromatic carbocycles. The number of hydrogen-bond acceptors (Lipinski definition) is 8. The summed E-state index contributed by atoms with van der Waals surface area (Å²) in [5, 5.41) is 30.7. The number of ether oxygens (including phenoxy) is 2. The summed E-state index contributed by atoms with van der Waals surface area (Å²) in [6.07, 6.45) is -2.77. The summed E-state index contributed by atoms with van der Waals surface area (Å²) in [4.78, 5) is 24.9. The topological polar surface area (TPSA) is 155 Å². The number of hydrogen-bond donors (Lipinski definition) is 5. The molecule has 26 heavy (non-hydrogen) atoms. The quantitative estimate of drug-likeness (QED) is 0.269. The molecule has 0 spiro atoms. The Bertz CT molecular complexity index is 575. The van der Waals surface area contributed by atoms with Crippen LogP contribution in [0.3, 0.4) is 0 Å². The third-order valence-electron chi connectivity index (χ3n) is 4.26. The van der Waals surface area contributed by atoms with Crippen LogP contribution in [0.4, 0.5) is 9.18 Å². The van der Waals surface area contributed by atoms with E-state index >= 15 is 0 Å². The van der Waals surface area contributed by atoms with Gasteiger partial charge in [-0.2, -0.15) is 0 Å². The van der Waals surface area contributed by atoms with Crippen molar-refractivity contribution in [2.75, 3.05) is 13.2 Å². The monoisotopic (exact) mass is 377 g/mol. The third kappa shape index (κ3) is 3.81. The van der Waals surface area contributed by atoms with Gasteiger partial charge in [0.1, 0.15) is 18.3 Å². The molecule has 0 aromatic rings. The number of amides is 2. The number of halogens is 1. The highest BCUT2D eigenvalue weighted by atomic mass is 19.1. The fourth-order valence-electron chi connectivity index (χ4n) is 2.65. The molecule has 2 rings (SSSR count). The minimum atomic E-state index is -2.49. The Hall–Kier alpha value is -1.79. The van der Waals surface area contributed by atoms with Gasteiger partial charge in [-0.1, -0.05) is 19.8 Å². The standard InChI is InChI=1S/C15H24FN3O7/c1-2-3-4-5-25-13(23)15(17)9(16)6-19(14(24)18-15)12-11(22)10(21)8(7-20)26-12/h6,8,10-12,20-22H,2-5,7,17H2,1H3,(H,18,24)/t8-,10-,11-,12-,15?/m1/s1. The summed E-state index contributed by atoms with van der Waals surface area (Å²) < 4.78 is 24.5. The number of esters is 1. The molecule has 0 saturated carbocycles. The van der Waals surface area contributed by atoms with Crippen LogP contribution in [0.15, 0.2) is 12.0 Å². The molecular weight excluding hydrogens is 353 g/mol. The maximum absolute atomic E-state index is 14.5. The van der Waals surface area contributed by atoms with Gasteiger partial charge in [0, 0.05) is 6.20 Å². The fraction of sp³-hybridized carbons (Fsp3) is 0.733. The molecule has 1 unspecified atom stereocenters. The molecule has 0 aliphatic carbocycles. The summed E-state index contributed by atoms with van der Waals surface area (Å²) in [5.74, 6) is -2.38. The number of rotatable bonds is 7. The van der Waals surface area contributed by atoms with Gasteiger partial charge < -0.3 is 30.1 Å². The van der Waals surface area contributed by atoms with Gasteiger partial charge in [0.25, 0.3) is 0 Å². The maximum Gasteiger partial charge on any atom is 0.354 e. The van der Waals surface area contributed by atoms with E-state index in [9.17, 15) is 24.2 Å². The predicted molar refractivity (Wildman–Crippen MR) is 84.7 cm³/mol. The number of carbonyl (C=O) groups is 2. The molecule has 5 atom stereocenters. The summed E-state index contributed by atoms with van der Waals surface area (Å²) in [6, 6.07) is -1.03. The molecule has 1 fully saturated rings. The van der Waals surface area contributed by atoms with Crippen LogP contribution in [0, 0.1) is 0 Å². The number of unbranched alkanes of at least 4 members (excludes halogenated alkanes) is 2. The first-order valence-corrected chi connectivity index (χ1v) is 8.33. The first-order chi connectivity index (χ1) is 12.3. The van der Waals surface area contributed by atoms with Crippen molar-refractivity contribution in [3.8, 4) is 0 Å². The van der Waals surface area contributed by atoms with Crippen molar-refractivity contribution in [1.82, 2.24) is 10.2 Å². The lowest BCUT2D eigenvalue weighted by Gasteiger charge is -2.37. The Labute approximate surface area is 149 Å². The minimum Gasteiger partial charge on any atom is -0.463 e. The Morgan fingerprint density at radius 3 is 2.73 bits per heavy atom. The average molecular weight is 377 g/mol. The van der Waals surface area contributed by atoms with Gasteiger partial charge in [-0.15, -0.1) is 0 Å². The smallest absolute Gasteiger partial charge is 0.354 e. The van der Waals surface area contributed by atoms with Crippen LogP contribution in [0.2, 0.25) is 0 Å². The van der Waals surface area contributed by atoms with Gasteiger partial charge in [0.15, 0.2) is 12.1 Å². The number of nitrogens with two attached hydrogens (primary N) is 1. The van der Waals surface area contributed by atoms with E-state index in [0.717, 1.165) is 12.8 Å². The van der Waals surface area contributed by atoms with Crippen LogP contribution in [-0.4, -0.2) is 75.6 Å². The largest absolute Gasteiger partial charge is 0.463 e. The summed E-state index contributed by atoms with van der Waals surface area (Å²) in [6.45, 7) is 1.39. The van der Waals surface area contributed by atoms with Crippen molar-refractivity contribution in [2.45, 2.75) is 56.4 Å². The Morgan fingerprint density at radius 1 is 1.46 bits per heavy atom. The first-order valence-electron chi connectivity index (χ1n) is 8.33. The minimum absolute atomic E-state index is 0.0350. The lowest BCUT2D eigenvalue weighted by molar-refractivity contribution is -0.151. The molecule has 2 aliphatic heterocycles. The first kappa shape index (κ1) is 20.5. The van der Waals surface area contributed by atoms with E-state index in [2.05, 4.69) is 0 Å². The number of nitrogens with one attached hydrogen (secondary N) is 1. The molecule has 0 bridgehead atoms. The Balaban J connectivity index is 2.11. The molecule has 11 heteroatoms. The summed E-state index contributed by atoms with van der Waals surface area (Å²) in [5.41, 5.74) is 3.17. The van der Waals surface area contributed by atoms with Crippen LogP contribution in [0.1, 0.15) is 26.2 Å². The molecule has 2 amide bonds. The van der Waals surface area contributed by atoms with E-state index in [1.165, 1.54) is 0 Å². The van der Waals surface area contributed by atoms with Crippen molar-refractivity contribution in [3.63, 3.8) is 0 Å². The Morgan fingerprint density at radius 2 is 2.15 bits per heavy atom. The summed E-state index contributed by atoms with van der Waals surface area (Å²) >= 11 is 0. The zero-order chi connectivity index (χ0) is 19.5. The van der Waals surface area contributed by atoms with Crippen molar-refractivity contribution < 1.29 is 38.8 Å². The van der Waals surface area contributed by atoms with Crippen molar-refractivity contribution >= 4 is 12.0 Å². The normalized spacial score (nSPS) is 34.5. The number of carbonyl (C=O) groups excluding carboxylic acids is 2. The van der Waals surface area contributed by atoms with Crippen LogP contribution in [0.25, 0.3) is 0 Å². The van der Waals surface area contributed by atoms with Crippen molar-refractivity contribution in [1.29, 1.82) is 0 Å². The van der Waals surface area contributed by atoms with E-state index in [1.54, 1.807) is 0 Å². The van der Waals surface area contributed by atoms with E-state index in [0.29, 0.717) is 17.5 Å². The number of aliphatic hydroxyl groups is 3. The fourth-order valence-corrected chi connectivity index (χ4v) is 2.65. The molecule has 0 aromatic heterocycles. The second-order valence-corrected chi connectivity index (χ2v) is 6.19. The van der Waals surface area contributed by atoms with Crippen molar-refractivity contribution in [2.24, 2.45) is 5.73 Å². The van der Waals surface area contributed by atoms with Crippen LogP contribution in [0.5, 0.6) is 0 Å². The average Bonchev–Trinajstić information content (AvgIpc) is 2.89. The summed E-state index contributed by atoms with van der Waals surface area (Å²) in [7, 11) is 0. The van der Waals surface area contributed by atoms with Gasteiger partial charge >= 0.3 is 12.0 Å². The molecule has 2 heterocycles. The molecule has 148 valence electrons. The molecule has 0 radical (unpaired) electrons. The SMILES string of the molecule is CCCCCOC(=O)C1(N)NC(=O)N([C@@H]2O[C@H](CO)[C@@H](O)[C@H]2O)C=C1F. The zero-order valence-corrected chi connectivity index (χ0v) is 14.3. The van der Waals surface area contributed by atoms with E-state index < -0.39 is 54.6 Å². The molecule has 10 nitrogen and oxygen atoms in total. The number of aliphatic hydroxyl groups excluding tert-OH is 3. The Kier molecular flexibility index (Phi) is 6.53. The van der Waals surface area contributed by atoms with E-state index in [4.69, 9.17) is 20.3 Å².